The van der Waals surface area contributed by atoms with Crippen molar-refractivity contribution < 1.29 is 0 Å². The summed E-state index contributed by atoms with van der Waals surface area (Å²) in [6, 6.07) is 0. The molecule has 0 rings (SSSR count). The van der Waals surface area contributed by atoms with Gasteiger partial charge in [-0.2, -0.15) is 0 Å². The molecule has 0 saturated carbocycles. The lowest BCUT2D eigenvalue weighted by molar-refractivity contribution is 0.894. The van der Waals surface area contributed by atoms with E-state index in [1.807, 2.05) is 0 Å². The highest BCUT2D eigenvalue weighted by atomic mass is 31.1. The molecule has 0 aromatic heterocycles. The highest BCUT2D eigenvalue weighted by Gasteiger charge is 1.92. The lowest BCUT2D eigenvalue weighted by Crippen LogP contribution is -1.82. The maximum atomic E-state index is 2.46. The Bertz CT molecular complexity index is 317. The van der Waals surface area contributed by atoms with Crippen LogP contribution < -0.4 is 0 Å². The second-order valence-electron chi connectivity index (χ2n) is 6.02. The van der Waals surface area contributed by atoms with E-state index in [4.69, 9.17) is 0 Å². The van der Waals surface area contributed by atoms with Gasteiger partial charge in [-0.25, -0.2) is 0 Å². The molecular formula is C19H35P. The smallest absolute Gasteiger partial charge is 0.0170 e. The van der Waals surface area contributed by atoms with Crippen LogP contribution in [-0.4, -0.2) is 12.3 Å². The predicted molar refractivity (Wildman–Crippen MR) is 98.4 cm³/mol. The van der Waals surface area contributed by atoms with E-state index in [0.717, 1.165) is 8.58 Å². The van der Waals surface area contributed by atoms with Gasteiger partial charge in [-0.1, -0.05) is 48.3 Å². The third kappa shape index (κ3) is 14.1. The Labute approximate surface area is 129 Å². The number of hydrogen-bond acceptors (Lipinski definition) is 0. The maximum absolute atomic E-state index is 2.46. The van der Waals surface area contributed by atoms with Gasteiger partial charge in [0.2, 0.25) is 0 Å². The first-order valence-corrected chi connectivity index (χ1v) is 9.63. The van der Waals surface area contributed by atoms with Gasteiger partial charge in [0.15, 0.2) is 0 Å². The summed E-state index contributed by atoms with van der Waals surface area (Å²) >= 11 is 0. The SMILES string of the molecule is CCCCPCC=C(C)CC/C=C(\C)CCC=C(C)C. The van der Waals surface area contributed by atoms with Gasteiger partial charge >= 0.3 is 0 Å². The molecule has 0 aliphatic rings. The average Bonchev–Trinajstić information content (AvgIpc) is 2.38. The van der Waals surface area contributed by atoms with Crippen LogP contribution in [-0.2, 0) is 0 Å². The summed E-state index contributed by atoms with van der Waals surface area (Å²) in [5, 5.41) is 0. The van der Waals surface area contributed by atoms with Crippen molar-refractivity contribution in [3.63, 3.8) is 0 Å². The summed E-state index contributed by atoms with van der Waals surface area (Å²) < 4.78 is 0. The highest BCUT2D eigenvalue weighted by molar-refractivity contribution is 7.38. The van der Waals surface area contributed by atoms with Crippen molar-refractivity contribution in [1.29, 1.82) is 0 Å². The van der Waals surface area contributed by atoms with Crippen molar-refractivity contribution in [3.05, 3.63) is 34.9 Å². The van der Waals surface area contributed by atoms with E-state index in [1.165, 1.54) is 56.4 Å². The van der Waals surface area contributed by atoms with E-state index in [1.54, 1.807) is 11.1 Å². The number of unbranched alkanes of at least 4 members (excludes halogenated alkanes) is 1. The van der Waals surface area contributed by atoms with Crippen molar-refractivity contribution >= 4 is 8.58 Å². The molecule has 0 heterocycles. The van der Waals surface area contributed by atoms with E-state index in [9.17, 15) is 0 Å². The fourth-order valence-electron chi connectivity index (χ4n) is 1.99. The fourth-order valence-corrected chi connectivity index (χ4v) is 3.29. The van der Waals surface area contributed by atoms with Crippen LogP contribution in [0.25, 0.3) is 0 Å². The second kappa shape index (κ2) is 13.6. The number of rotatable bonds is 11. The van der Waals surface area contributed by atoms with Gasteiger partial charge in [0, 0.05) is 0 Å². The molecule has 0 radical (unpaired) electrons. The first-order valence-electron chi connectivity index (χ1n) is 8.21. The van der Waals surface area contributed by atoms with Crippen LogP contribution in [0.3, 0.4) is 0 Å². The standard InChI is InChI=1S/C19H35P/c1-6-7-15-20-16-14-19(5)13-9-12-18(4)11-8-10-17(2)3/h10,12,14,20H,6-9,11,13,15-16H2,1-5H3/b18-12+,19-14?. The normalized spacial score (nSPS) is 13.2. The van der Waals surface area contributed by atoms with Gasteiger partial charge < -0.3 is 0 Å². The lowest BCUT2D eigenvalue weighted by Gasteiger charge is -2.02. The van der Waals surface area contributed by atoms with Gasteiger partial charge in [0.1, 0.15) is 0 Å². The van der Waals surface area contributed by atoms with Gasteiger partial charge in [-0.3, -0.25) is 0 Å². The largest absolute Gasteiger partial charge is 0.118 e. The first kappa shape index (κ1) is 19.7. The van der Waals surface area contributed by atoms with E-state index in [2.05, 4.69) is 52.8 Å². The molecule has 116 valence electrons. The fraction of sp³-hybridized carbons (Fsp3) is 0.684. The van der Waals surface area contributed by atoms with Gasteiger partial charge in [-0.05, 0) is 72.1 Å². The van der Waals surface area contributed by atoms with Crippen LogP contribution in [0.2, 0.25) is 0 Å². The Morgan fingerprint density at radius 2 is 1.45 bits per heavy atom. The molecule has 0 spiro atoms. The lowest BCUT2D eigenvalue weighted by atomic mass is 10.1. The summed E-state index contributed by atoms with van der Waals surface area (Å²) in [5.74, 6) is 0. The van der Waals surface area contributed by atoms with Crippen molar-refractivity contribution in [1.82, 2.24) is 0 Å². The Morgan fingerprint density at radius 3 is 2.05 bits per heavy atom. The molecule has 0 aliphatic carbocycles. The van der Waals surface area contributed by atoms with Gasteiger partial charge in [-0.15, -0.1) is 8.58 Å². The minimum atomic E-state index is 1.13. The van der Waals surface area contributed by atoms with E-state index in [-0.39, 0.29) is 0 Å². The summed E-state index contributed by atoms with van der Waals surface area (Å²) in [6.45, 7) is 11.2. The predicted octanol–water partition coefficient (Wildman–Crippen LogP) is 6.88. The summed E-state index contributed by atoms with van der Waals surface area (Å²) in [5.41, 5.74) is 4.54. The van der Waals surface area contributed by atoms with Crippen molar-refractivity contribution in [3.8, 4) is 0 Å². The zero-order chi connectivity index (χ0) is 15.2. The van der Waals surface area contributed by atoms with E-state index >= 15 is 0 Å². The van der Waals surface area contributed by atoms with E-state index < -0.39 is 0 Å². The molecule has 20 heavy (non-hydrogen) atoms. The molecule has 0 saturated heterocycles. The van der Waals surface area contributed by atoms with Crippen LogP contribution in [0.15, 0.2) is 34.9 Å². The van der Waals surface area contributed by atoms with E-state index in [0.29, 0.717) is 0 Å². The third-order valence-electron chi connectivity index (χ3n) is 3.42. The van der Waals surface area contributed by atoms with Gasteiger partial charge in [0.05, 0.1) is 0 Å². The van der Waals surface area contributed by atoms with Crippen molar-refractivity contribution in [2.24, 2.45) is 0 Å². The first-order chi connectivity index (χ1) is 9.56. The minimum Gasteiger partial charge on any atom is -0.118 e. The van der Waals surface area contributed by atoms with Gasteiger partial charge in [0.25, 0.3) is 0 Å². The molecule has 0 aromatic carbocycles. The zero-order valence-electron chi connectivity index (χ0n) is 14.4. The van der Waals surface area contributed by atoms with Crippen LogP contribution in [0.1, 0.15) is 73.1 Å². The minimum absolute atomic E-state index is 1.13. The number of hydrogen-bond donors (Lipinski definition) is 0. The molecule has 0 amide bonds. The molecule has 0 N–H and O–H groups in total. The Morgan fingerprint density at radius 1 is 0.850 bits per heavy atom. The Kier molecular flexibility index (Phi) is 13.4. The molecule has 0 bridgehead atoms. The molecule has 0 fully saturated rings. The van der Waals surface area contributed by atoms with Crippen LogP contribution in [0, 0.1) is 0 Å². The van der Waals surface area contributed by atoms with Crippen LogP contribution in [0.5, 0.6) is 0 Å². The molecule has 1 heteroatoms. The zero-order valence-corrected chi connectivity index (χ0v) is 15.4. The van der Waals surface area contributed by atoms with Crippen LogP contribution >= 0.6 is 8.58 Å². The highest BCUT2D eigenvalue weighted by Crippen LogP contribution is 2.16. The Balaban J connectivity index is 3.74. The summed E-state index contributed by atoms with van der Waals surface area (Å²) in [4.78, 5) is 0. The second-order valence-corrected chi connectivity index (χ2v) is 7.43. The molecule has 0 aromatic rings. The third-order valence-corrected chi connectivity index (χ3v) is 4.62. The Hall–Kier alpha value is -0.350. The maximum Gasteiger partial charge on any atom is -0.0170 e. The monoisotopic (exact) mass is 294 g/mol. The van der Waals surface area contributed by atoms with Crippen LogP contribution in [0.4, 0.5) is 0 Å². The summed E-state index contributed by atoms with van der Waals surface area (Å²) in [6.07, 6.45) is 17.5. The molecule has 0 aliphatic heterocycles. The summed E-state index contributed by atoms with van der Waals surface area (Å²) in [7, 11) is 1.13. The topological polar surface area (TPSA) is 0 Å². The average molecular weight is 294 g/mol. The molecule has 0 nitrogen and oxygen atoms in total. The molecule has 1 atom stereocenters. The molecule has 1 unspecified atom stereocenters. The quantitative estimate of drug-likeness (QED) is 0.221. The number of allylic oxidation sites excluding steroid dienone is 6. The van der Waals surface area contributed by atoms with Crippen molar-refractivity contribution in [2.75, 3.05) is 12.3 Å². The van der Waals surface area contributed by atoms with Crippen molar-refractivity contribution in [2.45, 2.75) is 73.1 Å². The molecular weight excluding hydrogens is 259 g/mol.